The van der Waals surface area contributed by atoms with Crippen LogP contribution in [0.25, 0.3) is 0 Å². The molecule has 0 fully saturated rings. The van der Waals surface area contributed by atoms with Crippen molar-refractivity contribution < 1.29 is 27.5 Å². The number of carbonyl (C=O) groups is 2. The summed E-state index contributed by atoms with van der Waals surface area (Å²) in [5.74, 6) is -0.637. The Hall–Kier alpha value is -2.77. The molecule has 0 spiro atoms. The van der Waals surface area contributed by atoms with Gasteiger partial charge < -0.3 is 15.4 Å². The maximum Gasteiger partial charge on any atom is 0.412 e. The summed E-state index contributed by atoms with van der Waals surface area (Å²) in [5, 5.41) is 4.97. The van der Waals surface area contributed by atoms with Gasteiger partial charge in [-0.3, -0.25) is 0 Å². The number of hydrogen-bond donors (Lipinski definition) is 2. The number of rotatable bonds is 3. The average molecular weight is 354 g/mol. The van der Waals surface area contributed by atoms with Crippen LogP contribution in [0.2, 0.25) is 0 Å². The number of nitrogens with one attached hydrogen (secondary N) is 2. The van der Waals surface area contributed by atoms with Gasteiger partial charge in [-0.05, 0) is 19.1 Å². The van der Waals surface area contributed by atoms with E-state index < -0.39 is 29.3 Å². The highest BCUT2D eigenvalue weighted by Crippen LogP contribution is 2.35. The Bertz CT molecular complexity index is 741. The molecule has 1 aromatic rings. The summed E-state index contributed by atoms with van der Waals surface area (Å²) in [6, 6.07) is 5.43. The van der Waals surface area contributed by atoms with Gasteiger partial charge in [0.15, 0.2) is 0 Å². The Morgan fingerprint density at radius 3 is 2.56 bits per heavy atom. The molecule has 0 saturated carbocycles. The van der Waals surface area contributed by atoms with E-state index in [1.165, 1.54) is 38.3 Å². The third-order valence-corrected chi connectivity index (χ3v) is 3.66. The van der Waals surface area contributed by atoms with E-state index in [9.17, 15) is 22.8 Å². The smallest absolute Gasteiger partial charge is 0.412 e. The van der Waals surface area contributed by atoms with Crippen molar-refractivity contribution >= 4 is 17.7 Å². The van der Waals surface area contributed by atoms with E-state index in [-0.39, 0.29) is 17.7 Å². The van der Waals surface area contributed by atoms with Crippen LogP contribution >= 0.6 is 0 Å². The van der Waals surface area contributed by atoms with Crippen LogP contribution in [0.5, 0.6) is 0 Å². The lowest BCUT2D eigenvalue weighted by molar-refractivity contribution is -0.0956. The molecular formula is C17H17F3N2O3. The molecule has 0 saturated heterocycles. The predicted molar refractivity (Wildman–Crippen MR) is 86.2 cm³/mol. The molecule has 2 amide bonds. The average Bonchev–Trinajstić information content (AvgIpc) is 2.53. The van der Waals surface area contributed by atoms with Crippen LogP contribution in [0.15, 0.2) is 48.1 Å². The fourth-order valence-corrected chi connectivity index (χ4v) is 2.46. The van der Waals surface area contributed by atoms with E-state index in [1.807, 2.05) is 0 Å². The molecule has 25 heavy (non-hydrogen) atoms. The zero-order valence-corrected chi connectivity index (χ0v) is 13.6. The van der Waals surface area contributed by atoms with Crippen molar-refractivity contribution in [2.24, 2.45) is 0 Å². The second-order valence-corrected chi connectivity index (χ2v) is 5.76. The second-order valence-electron chi connectivity index (χ2n) is 5.76. The van der Waals surface area contributed by atoms with Crippen LogP contribution < -0.4 is 10.6 Å². The first kappa shape index (κ1) is 18.6. The van der Waals surface area contributed by atoms with E-state index in [0.29, 0.717) is 0 Å². The topological polar surface area (TPSA) is 67.4 Å². The molecule has 0 bridgehead atoms. The lowest BCUT2D eigenvalue weighted by Gasteiger charge is -2.31. The third-order valence-electron chi connectivity index (χ3n) is 3.66. The Balaban J connectivity index is 2.10. The first-order valence-electron chi connectivity index (χ1n) is 7.37. The van der Waals surface area contributed by atoms with Gasteiger partial charge >= 0.3 is 18.2 Å². The van der Waals surface area contributed by atoms with Gasteiger partial charge in [0, 0.05) is 12.0 Å². The number of allylic oxidation sites excluding steroid dienone is 2. The summed E-state index contributed by atoms with van der Waals surface area (Å²) in [6.07, 6.45) is -1.13. The van der Waals surface area contributed by atoms with Gasteiger partial charge in [0.2, 0.25) is 0 Å². The van der Waals surface area contributed by atoms with Crippen molar-refractivity contribution in [3.8, 4) is 0 Å². The number of benzene rings is 1. The number of ether oxygens (including phenoxy) is 1. The molecule has 0 radical (unpaired) electrons. The number of hydrogen-bond acceptors (Lipinski definition) is 3. The van der Waals surface area contributed by atoms with E-state index in [1.54, 1.807) is 12.1 Å². The van der Waals surface area contributed by atoms with Crippen molar-refractivity contribution in [2.45, 2.75) is 25.1 Å². The zero-order chi connectivity index (χ0) is 18.7. The van der Waals surface area contributed by atoms with Gasteiger partial charge in [0.25, 0.3) is 0 Å². The number of alkyl halides is 3. The standard InChI is InChI=1S/C17H17F3N2O3/c1-16(9-5-6-11(10-16)17(18,19)20)22-15(24)21-13-8-4-3-7-12(13)14(23)25-2/h3-9H,10H2,1-2H3,(H2,21,22,24). The monoisotopic (exact) mass is 354 g/mol. The molecule has 0 heterocycles. The summed E-state index contributed by atoms with van der Waals surface area (Å²) in [7, 11) is 1.21. The molecule has 5 nitrogen and oxygen atoms in total. The summed E-state index contributed by atoms with van der Waals surface area (Å²) in [5.41, 5.74) is -1.60. The van der Waals surface area contributed by atoms with Crippen LogP contribution in [-0.2, 0) is 4.74 Å². The molecule has 2 N–H and O–H groups in total. The van der Waals surface area contributed by atoms with Crippen LogP contribution in [0.3, 0.4) is 0 Å². The largest absolute Gasteiger partial charge is 0.465 e. The number of carbonyl (C=O) groups excluding carboxylic acids is 2. The highest BCUT2D eigenvalue weighted by atomic mass is 19.4. The predicted octanol–water partition coefficient (Wildman–Crippen LogP) is 3.80. The van der Waals surface area contributed by atoms with Crippen LogP contribution in [-0.4, -0.2) is 30.8 Å². The Labute approximate surface area is 142 Å². The SMILES string of the molecule is COC(=O)c1ccccc1NC(=O)NC1(C)C=CC=C(C(F)(F)F)C1. The van der Waals surface area contributed by atoms with Crippen LogP contribution in [0.4, 0.5) is 23.7 Å². The molecule has 1 aromatic carbocycles. The van der Waals surface area contributed by atoms with E-state index in [2.05, 4.69) is 15.4 Å². The highest BCUT2D eigenvalue weighted by Gasteiger charge is 2.39. The van der Waals surface area contributed by atoms with Gasteiger partial charge in [-0.2, -0.15) is 13.2 Å². The molecule has 0 aliphatic heterocycles. The van der Waals surface area contributed by atoms with E-state index in [4.69, 9.17) is 0 Å². The normalized spacial score (nSPS) is 19.8. The molecule has 1 aliphatic carbocycles. The first-order chi connectivity index (χ1) is 11.6. The van der Waals surface area contributed by atoms with Crippen molar-refractivity contribution in [1.29, 1.82) is 0 Å². The fraction of sp³-hybridized carbons (Fsp3) is 0.294. The molecule has 1 atom stereocenters. The number of esters is 1. The number of anilines is 1. The van der Waals surface area contributed by atoms with Crippen molar-refractivity contribution in [3.05, 3.63) is 53.6 Å². The van der Waals surface area contributed by atoms with Gasteiger partial charge in [0.05, 0.1) is 23.9 Å². The summed E-state index contributed by atoms with van der Waals surface area (Å²) in [4.78, 5) is 23.9. The molecule has 134 valence electrons. The molecular weight excluding hydrogens is 337 g/mol. The van der Waals surface area contributed by atoms with Crippen molar-refractivity contribution in [1.82, 2.24) is 5.32 Å². The van der Waals surface area contributed by atoms with E-state index in [0.717, 1.165) is 6.08 Å². The molecule has 8 heteroatoms. The number of amides is 2. The highest BCUT2D eigenvalue weighted by molar-refractivity contribution is 6.00. The number of methoxy groups -OCH3 is 1. The maximum atomic E-state index is 12.9. The zero-order valence-electron chi connectivity index (χ0n) is 13.6. The molecule has 1 aliphatic rings. The lowest BCUT2D eigenvalue weighted by Crippen LogP contribution is -2.48. The molecule has 0 aromatic heterocycles. The van der Waals surface area contributed by atoms with E-state index >= 15 is 0 Å². The summed E-state index contributed by atoms with van der Waals surface area (Å²) in [6.45, 7) is 1.48. The van der Waals surface area contributed by atoms with Gasteiger partial charge in [-0.1, -0.05) is 30.4 Å². The minimum atomic E-state index is -4.46. The van der Waals surface area contributed by atoms with Crippen molar-refractivity contribution in [2.75, 3.05) is 12.4 Å². The van der Waals surface area contributed by atoms with Crippen LogP contribution in [0.1, 0.15) is 23.7 Å². The van der Waals surface area contributed by atoms with Gasteiger partial charge in [-0.15, -0.1) is 0 Å². The minimum Gasteiger partial charge on any atom is -0.465 e. The summed E-state index contributed by atoms with van der Waals surface area (Å²) >= 11 is 0. The Kier molecular flexibility index (Phi) is 5.20. The Morgan fingerprint density at radius 1 is 1.24 bits per heavy atom. The third kappa shape index (κ3) is 4.62. The summed E-state index contributed by atoms with van der Waals surface area (Å²) < 4.78 is 43.2. The minimum absolute atomic E-state index is 0.139. The molecule has 2 rings (SSSR count). The number of urea groups is 1. The quantitative estimate of drug-likeness (QED) is 0.812. The maximum absolute atomic E-state index is 12.9. The lowest BCUT2D eigenvalue weighted by atomic mass is 9.88. The first-order valence-corrected chi connectivity index (χ1v) is 7.37. The Morgan fingerprint density at radius 2 is 1.92 bits per heavy atom. The number of halogens is 3. The van der Waals surface area contributed by atoms with Crippen LogP contribution in [0, 0.1) is 0 Å². The fourth-order valence-electron chi connectivity index (χ4n) is 2.46. The molecule has 1 unspecified atom stereocenters. The van der Waals surface area contributed by atoms with Gasteiger partial charge in [-0.25, -0.2) is 9.59 Å². The van der Waals surface area contributed by atoms with Gasteiger partial charge in [0.1, 0.15) is 0 Å². The van der Waals surface area contributed by atoms with Crippen molar-refractivity contribution in [3.63, 3.8) is 0 Å². The second kappa shape index (κ2) is 7.00. The number of para-hydroxylation sites is 1.